The molecule has 148 valence electrons. The number of para-hydroxylation sites is 3. The van der Waals surface area contributed by atoms with Crippen molar-refractivity contribution in [2.45, 2.75) is 44.2 Å². The summed E-state index contributed by atoms with van der Waals surface area (Å²) < 4.78 is 15.8. The van der Waals surface area contributed by atoms with Gasteiger partial charge in [0, 0.05) is 6.04 Å². The second kappa shape index (κ2) is 6.99. The van der Waals surface area contributed by atoms with Gasteiger partial charge in [0.25, 0.3) is 5.91 Å². The van der Waals surface area contributed by atoms with Crippen LogP contribution in [0.15, 0.2) is 48.5 Å². The Bertz CT molecular complexity index is 1100. The first-order valence-corrected chi connectivity index (χ1v) is 9.98. The highest BCUT2D eigenvalue weighted by Gasteiger charge is 2.44. The summed E-state index contributed by atoms with van der Waals surface area (Å²) in [6.07, 6.45) is 4.01. The van der Waals surface area contributed by atoms with Gasteiger partial charge in [-0.25, -0.2) is 9.37 Å². The van der Waals surface area contributed by atoms with Crippen molar-refractivity contribution in [3.63, 3.8) is 0 Å². The second-order valence-corrected chi connectivity index (χ2v) is 7.66. The normalized spacial score (nSPS) is 19.1. The third kappa shape index (κ3) is 2.97. The van der Waals surface area contributed by atoms with E-state index in [2.05, 4.69) is 5.32 Å². The van der Waals surface area contributed by atoms with Crippen LogP contribution in [0.3, 0.4) is 0 Å². The predicted octanol–water partition coefficient (Wildman–Crippen LogP) is 4.03. The Labute approximate surface area is 167 Å². The SMILES string of the molecule is O=C(CC1C(=O)N(C2CCCC2)c2nc3ccccc3n21)Nc1ccccc1F. The lowest BCUT2D eigenvalue weighted by Gasteiger charge is -2.22. The highest BCUT2D eigenvalue weighted by molar-refractivity contribution is 6.05. The Balaban J connectivity index is 1.49. The Morgan fingerprint density at radius 1 is 1.10 bits per heavy atom. The first-order valence-electron chi connectivity index (χ1n) is 9.98. The highest BCUT2D eigenvalue weighted by atomic mass is 19.1. The molecule has 2 aromatic carbocycles. The van der Waals surface area contributed by atoms with Gasteiger partial charge in [-0.1, -0.05) is 37.1 Å². The molecule has 1 aliphatic carbocycles. The minimum atomic E-state index is -0.676. The molecule has 1 fully saturated rings. The lowest BCUT2D eigenvalue weighted by Crippen LogP contribution is -2.38. The summed E-state index contributed by atoms with van der Waals surface area (Å²) in [4.78, 5) is 32.5. The van der Waals surface area contributed by atoms with Crippen molar-refractivity contribution in [1.29, 1.82) is 0 Å². The number of amides is 2. The van der Waals surface area contributed by atoms with Crippen molar-refractivity contribution in [2.24, 2.45) is 0 Å². The molecular weight excluding hydrogens is 371 g/mol. The minimum Gasteiger partial charge on any atom is -0.324 e. The molecule has 3 aromatic rings. The molecule has 1 aliphatic heterocycles. The molecule has 1 atom stereocenters. The second-order valence-electron chi connectivity index (χ2n) is 7.66. The molecule has 6 nitrogen and oxygen atoms in total. The number of fused-ring (bicyclic) bond motifs is 3. The third-order valence-corrected chi connectivity index (χ3v) is 5.84. The van der Waals surface area contributed by atoms with Crippen molar-refractivity contribution in [2.75, 3.05) is 10.2 Å². The van der Waals surface area contributed by atoms with E-state index in [0.29, 0.717) is 5.95 Å². The maximum atomic E-state index is 13.9. The zero-order chi connectivity index (χ0) is 20.0. The molecule has 0 spiro atoms. The summed E-state index contributed by atoms with van der Waals surface area (Å²) in [5, 5.41) is 2.59. The van der Waals surface area contributed by atoms with E-state index in [1.54, 1.807) is 17.0 Å². The number of carbonyl (C=O) groups is 2. The number of halogens is 1. The number of rotatable bonds is 4. The fourth-order valence-corrected chi connectivity index (χ4v) is 4.50. The van der Waals surface area contributed by atoms with E-state index in [4.69, 9.17) is 4.98 Å². The summed E-state index contributed by atoms with van der Waals surface area (Å²) in [6, 6.07) is 13.1. The number of benzene rings is 2. The molecule has 1 saturated carbocycles. The Hall–Kier alpha value is -3.22. The van der Waals surface area contributed by atoms with Crippen LogP contribution in [-0.4, -0.2) is 27.4 Å². The van der Waals surface area contributed by atoms with Crippen LogP contribution in [0.2, 0.25) is 0 Å². The number of nitrogens with zero attached hydrogens (tertiary/aromatic N) is 3. The zero-order valence-corrected chi connectivity index (χ0v) is 15.8. The zero-order valence-electron chi connectivity index (χ0n) is 15.8. The number of imidazole rings is 1. The van der Waals surface area contributed by atoms with Crippen LogP contribution in [-0.2, 0) is 9.59 Å². The molecule has 0 bridgehead atoms. The molecular formula is C22H21FN4O2. The Morgan fingerprint density at radius 3 is 2.62 bits per heavy atom. The molecule has 1 unspecified atom stereocenters. The maximum Gasteiger partial charge on any atom is 0.253 e. The highest BCUT2D eigenvalue weighted by Crippen LogP contribution is 2.40. The molecule has 0 radical (unpaired) electrons. The number of hydrogen-bond acceptors (Lipinski definition) is 3. The molecule has 7 heteroatoms. The van der Waals surface area contributed by atoms with Crippen molar-refractivity contribution in [1.82, 2.24) is 9.55 Å². The van der Waals surface area contributed by atoms with Gasteiger partial charge in [-0.05, 0) is 37.1 Å². The van der Waals surface area contributed by atoms with Crippen molar-refractivity contribution >= 4 is 34.5 Å². The molecule has 5 rings (SSSR count). The van der Waals surface area contributed by atoms with E-state index >= 15 is 0 Å². The number of anilines is 2. The molecule has 2 aliphatic rings. The summed E-state index contributed by atoms with van der Waals surface area (Å²) in [6.45, 7) is 0. The molecule has 1 aromatic heterocycles. The van der Waals surface area contributed by atoms with E-state index in [-0.39, 0.29) is 24.1 Å². The Morgan fingerprint density at radius 2 is 1.83 bits per heavy atom. The lowest BCUT2D eigenvalue weighted by atomic mass is 10.1. The predicted molar refractivity (Wildman–Crippen MR) is 108 cm³/mol. The van der Waals surface area contributed by atoms with E-state index in [1.165, 1.54) is 12.1 Å². The summed E-state index contributed by atoms with van der Waals surface area (Å²) in [5.41, 5.74) is 1.75. The van der Waals surface area contributed by atoms with Gasteiger partial charge in [0.1, 0.15) is 11.9 Å². The van der Waals surface area contributed by atoms with Crippen molar-refractivity contribution in [3.05, 3.63) is 54.3 Å². The smallest absolute Gasteiger partial charge is 0.253 e. The summed E-state index contributed by atoms with van der Waals surface area (Å²) in [5.74, 6) is -0.383. The van der Waals surface area contributed by atoms with Gasteiger partial charge in [0.15, 0.2) is 0 Å². The average molecular weight is 392 g/mol. The fourth-order valence-electron chi connectivity index (χ4n) is 4.50. The lowest BCUT2D eigenvalue weighted by molar-refractivity contribution is -0.125. The monoisotopic (exact) mass is 392 g/mol. The average Bonchev–Trinajstić information content (AvgIpc) is 3.41. The van der Waals surface area contributed by atoms with Gasteiger partial charge in [-0.2, -0.15) is 0 Å². The van der Waals surface area contributed by atoms with Crippen LogP contribution >= 0.6 is 0 Å². The molecule has 2 amide bonds. The molecule has 29 heavy (non-hydrogen) atoms. The number of aromatic nitrogens is 2. The van der Waals surface area contributed by atoms with Crippen LogP contribution in [0.1, 0.15) is 38.1 Å². The van der Waals surface area contributed by atoms with Crippen LogP contribution in [0.5, 0.6) is 0 Å². The van der Waals surface area contributed by atoms with Crippen LogP contribution in [0.4, 0.5) is 16.0 Å². The topological polar surface area (TPSA) is 67.2 Å². The van der Waals surface area contributed by atoms with Crippen molar-refractivity contribution < 1.29 is 14.0 Å². The third-order valence-electron chi connectivity index (χ3n) is 5.84. The minimum absolute atomic E-state index is 0.0657. The van der Waals surface area contributed by atoms with Gasteiger partial charge in [0.05, 0.1) is 23.1 Å². The van der Waals surface area contributed by atoms with Crippen molar-refractivity contribution in [3.8, 4) is 0 Å². The van der Waals surface area contributed by atoms with Crippen LogP contribution < -0.4 is 10.2 Å². The number of hydrogen-bond donors (Lipinski definition) is 1. The van der Waals surface area contributed by atoms with Gasteiger partial charge < -0.3 is 5.32 Å². The molecule has 2 heterocycles. The van der Waals surface area contributed by atoms with Crippen LogP contribution in [0, 0.1) is 5.82 Å². The fraction of sp³-hybridized carbons (Fsp3) is 0.318. The van der Waals surface area contributed by atoms with E-state index in [1.807, 2.05) is 28.8 Å². The maximum absolute atomic E-state index is 13.9. The summed E-state index contributed by atoms with van der Waals surface area (Å²) in [7, 11) is 0. The number of carbonyl (C=O) groups excluding carboxylic acids is 2. The Kier molecular flexibility index (Phi) is 4.30. The van der Waals surface area contributed by atoms with E-state index < -0.39 is 17.8 Å². The van der Waals surface area contributed by atoms with Gasteiger partial charge in [0.2, 0.25) is 11.9 Å². The largest absolute Gasteiger partial charge is 0.324 e. The first kappa shape index (κ1) is 17.8. The van der Waals surface area contributed by atoms with Gasteiger partial charge in [-0.15, -0.1) is 0 Å². The molecule has 0 saturated heterocycles. The quantitative estimate of drug-likeness (QED) is 0.729. The number of nitrogens with one attached hydrogen (secondary N) is 1. The van der Waals surface area contributed by atoms with E-state index in [9.17, 15) is 14.0 Å². The van der Waals surface area contributed by atoms with Crippen LogP contribution in [0.25, 0.3) is 11.0 Å². The van der Waals surface area contributed by atoms with Gasteiger partial charge in [-0.3, -0.25) is 19.1 Å². The van der Waals surface area contributed by atoms with Gasteiger partial charge >= 0.3 is 0 Å². The standard InChI is InChI=1S/C22H21FN4O2/c23-15-9-3-4-10-16(15)24-20(28)13-19-21(29)26(14-7-1-2-8-14)22-25-17-11-5-6-12-18(17)27(19)22/h3-6,9-12,14,19H,1-2,7-8,13H2,(H,24,28). The van der Waals surface area contributed by atoms with E-state index in [0.717, 1.165) is 36.7 Å². The molecule has 1 N–H and O–H groups in total. The first-order chi connectivity index (χ1) is 14.1. The summed E-state index contributed by atoms with van der Waals surface area (Å²) >= 11 is 0.